The van der Waals surface area contributed by atoms with E-state index in [1.54, 1.807) is 43.0 Å². The predicted octanol–water partition coefficient (Wildman–Crippen LogP) is 1.65. The molecule has 2 N–H and O–H groups in total. The van der Waals surface area contributed by atoms with Crippen LogP contribution in [0.2, 0.25) is 0 Å². The van der Waals surface area contributed by atoms with Crippen molar-refractivity contribution in [2.24, 2.45) is 0 Å². The summed E-state index contributed by atoms with van der Waals surface area (Å²) in [6.45, 7) is 1.03. The fourth-order valence-electron chi connectivity index (χ4n) is 2.82. The Morgan fingerprint density at radius 1 is 1.04 bits per heavy atom. The molecule has 2 heterocycles. The highest BCUT2D eigenvalue weighted by Gasteiger charge is 2.21. The molecule has 0 atom stereocenters. The van der Waals surface area contributed by atoms with Crippen LogP contribution in [0.1, 0.15) is 26.7 Å². The summed E-state index contributed by atoms with van der Waals surface area (Å²) in [5, 5.41) is 5.56. The van der Waals surface area contributed by atoms with Crippen LogP contribution in [0.4, 0.5) is 0 Å². The Labute approximate surface area is 162 Å². The Kier molecular flexibility index (Phi) is 6.23. The van der Waals surface area contributed by atoms with Crippen molar-refractivity contribution in [2.45, 2.75) is 6.54 Å². The van der Waals surface area contributed by atoms with Crippen molar-refractivity contribution < 1.29 is 19.1 Å². The van der Waals surface area contributed by atoms with E-state index in [4.69, 9.17) is 9.47 Å². The first kappa shape index (κ1) is 19.4. The molecule has 2 aromatic heterocycles. The number of pyridine rings is 1. The quantitative estimate of drug-likeness (QED) is 0.578. The van der Waals surface area contributed by atoms with Crippen LogP contribution in [0, 0.1) is 0 Å². The van der Waals surface area contributed by atoms with Gasteiger partial charge in [-0.2, -0.15) is 0 Å². The minimum Gasteiger partial charge on any atom is -0.496 e. The van der Waals surface area contributed by atoms with Crippen LogP contribution in [0.15, 0.2) is 48.7 Å². The maximum Gasteiger partial charge on any atom is 0.287 e. The van der Waals surface area contributed by atoms with Gasteiger partial charge in [0, 0.05) is 32.0 Å². The summed E-state index contributed by atoms with van der Waals surface area (Å²) in [4.78, 5) is 29.5. The number of ether oxygens (including phenoxy) is 2. The highest BCUT2D eigenvalue weighted by molar-refractivity contribution is 6.02. The standard InChI is InChI=1S/C20H22N4O4/c1-27-12-10-21-20(26)18-23-17(15-8-5-6-11-24(15)18)19(25)22-13-14-7-3-4-9-16(14)28-2/h3-9,11H,10,12-13H2,1-2H3,(H,21,26)(H,22,25). The molecule has 0 saturated carbocycles. The van der Waals surface area contributed by atoms with Crippen molar-refractivity contribution in [3.8, 4) is 5.75 Å². The van der Waals surface area contributed by atoms with E-state index in [9.17, 15) is 9.59 Å². The van der Waals surface area contributed by atoms with Crippen LogP contribution in [-0.2, 0) is 11.3 Å². The number of aromatic nitrogens is 2. The molecule has 2 amide bonds. The molecule has 146 valence electrons. The van der Waals surface area contributed by atoms with Gasteiger partial charge in [-0.05, 0) is 18.2 Å². The molecule has 0 unspecified atom stereocenters. The summed E-state index contributed by atoms with van der Waals surface area (Å²) in [5.41, 5.74) is 1.59. The van der Waals surface area contributed by atoms with Crippen molar-refractivity contribution in [3.63, 3.8) is 0 Å². The lowest BCUT2D eigenvalue weighted by molar-refractivity contribution is 0.0926. The molecular weight excluding hydrogens is 360 g/mol. The second kappa shape index (κ2) is 9.01. The third kappa shape index (κ3) is 4.12. The van der Waals surface area contributed by atoms with E-state index >= 15 is 0 Å². The number of carbonyl (C=O) groups excluding carboxylic acids is 2. The molecule has 0 bridgehead atoms. The van der Waals surface area contributed by atoms with E-state index in [0.29, 0.717) is 24.4 Å². The van der Waals surface area contributed by atoms with Gasteiger partial charge in [0.15, 0.2) is 5.69 Å². The average Bonchev–Trinajstić information content (AvgIpc) is 3.12. The van der Waals surface area contributed by atoms with Crippen molar-refractivity contribution in [3.05, 3.63) is 65.7 Å². The summed E-state index contributed by atoms with van der Waals surface area (Å²) in [6.07, 6.45) is 1.70. The van der Waals surface area contributed by atoms with Gasteiger partial charge in [-0.1, -0.05) is 24.3 Å². The van der Waals surface area contributed by atoms with Crippen molar-refractivity contribution in [1.29, 1.82) is 0 Å². The van der Waals surface area contributed by atoms with Crippen molar-refractivity contribution in [1.82, 2.24) is 20.0 Å². The summed E-state index contributed by atoms with van der Waals surface area (Å²) >= 11 is 0. The number of fused-ring (bicyclic) bond motifs is 1. The number of benzene rings is 1. The topological polar surface area (TPSA) is 94.0 Å². The van der Waals surface area contributed by atoms with Gasteiger partial charge >= 0.3 is 0 Å². The summed E-state index contributed by atoms with van der Waals surface area (Å²) in [7, 11) is 3.14. The summed E-state index contributed by atoms with van der Waals surface area (Å²) in [5.74, 6) is 0.0948. The maximum absolute atomic E-state index is 12.7. The minimum atomic E-state index is -0.373. The molecule has 0 aliphatic heterocycles. The number of para-hydroxylation sites is 1. The number of rotatable bonds is 8. The highest BCUT2D eigenvalue weighted by atomic mass is 16.5. The Morgan fingerprint density at radius 2 is 1.82 bits per heavy atom. The predicted molar refractivity (Wildman–Crippen MR) is 104 cm³/mol. The Balaban J connectivity index is 1.82. The van der Waals surface area contributed by atoms with Crippen molar-refractivity contribution >= 4 is 17.3 Å². The number of nitrogens with zero attached hydrogens (tertiary/aromatic N) is 2. The largest absolute Gasteiger partial charge is 0.496 e. The molecule has 8 nitrogen and oxygen atoms in total. The van der Waals surface area contributed by atoms with Crippen LogP contribution in [0.3, 0.4) is 0 Å². The molecule has 1 aromatic carbocycles. The lowest BCUT2D eigenvalue weighted by Gasteiger charge is -2.08. The zero-order chi connectivity index (χ0) is 19.9. The monoisotopic (exact) mass is 382 g/mol. The maximum atomic E-state index is 12.7. The van der Waals surface area contributed by atoms with Gasteiger partial charge in [-0.3, -0.25) is 14.0 Å². The molecule has 0 aliphatic rings. The molecule has 8 heteroatoms. The normalized spacial score (nSPS) is 10.6. The molecule has 0 radical (unpaired) electrons. The lowest BCUT2D eigenvalue weighted by atomic mass is 10.2. The highest BCUT2D eigenvalue weighted by Crippen LogP contribution is 2.18. The number of nitrogens with one attached hydrogen (secondary N) is 2. The third-order valence-corrected chi connectivity index (χ3v) is 4.19. The van der Waals surface area contributed by atoms with E-state index in [0.717, 1.165) is 5.56 Å². The fraction of sp³-hybridized carbons (Fsp3) is 0.250. The number of hydrogen-bond donors (Lipinski definition) is 2. The molecule has 0 spiro atoms. The van der Waals surface area contributed by atoms with E-state index < -0.39 is 0 Å². The van der Waals surface area contributed by atoms with E-state index in [-0.39, 0.29) is 29.9 Å². The van der Waals surface area contributed by atoms with Gasteiger partial charge in [0.05, 0.1) is 19.2 Å². The second-order valence-corrected chi connectivity index (χ2v) is 5.98. The number of methoxy groups -OCH3 is 2. The molecule has 28 heavy (non-hydrogen) atoms. The van der Waals surface area contributed by atoms with E-state index in [2.05, 4.69) is 15.6 Å². The third-order valence-electron chi connectivity index (χ3n) is 4.19. The van der Waals surface area contributed by atoms with E-state index in [1.165, 1.54) is 0 Å². The Morgan fingerprint density at radius 3 is 2.61 bits per heavy atom. The Bertz CT molecular complexity index is 983. The summed E-state index contributed by atoms with van der Waals surface area (Å²) < 4.78 is 11.8. The second-order valence-electron chi connectivity index (χ2n) is 5.98. The minimum absolute atomic E-state index is 0.147. The van der Waals surface area contributed by atoms with Gasteiger partial charge < -0.3 is 20.1 Å². The number of carbonyl (C=O) groups is 2. The first-order chi connectivity index (χ1) is 13.7. The van der Waals surface area contributed by atoms with Gasteiger partial charge in [0.2, 0.25) is 5.82 Å². The number of hydrogen-bond acceptors (Lipinski definition) is 5. The van der Waals surface area contributed by atoms with Crippen molar-refractivity contribution in [2.75, 3.05) is 27.4 Å². The molecule has 0 fully saturated rings. The van der Waals surface area contributed by atoms with Crippen LogP contribution in [0.25, 0.3) is 5.52 Å². The first-order valence-electron chi connectivity index (χ1n) is 8.80. The fourth-order valence-corrected chi connectivity index (χ4v) is 2.82. The smallest absolute Gasteiger partial charge is 0.287 e. The first-order valence-corrected chi connectivity index (χ1v) is 8.80. The number of amides is 2. The Hall–Kier alpha value is -3.39. The molecule has 0 saturated heterocycles. The van der Waals surface area contributed by atoms with Gasteiger partial charge in [0.25, 0.3) is 11.8 Å². The molecule has 3 rings (SSSR count). The van der Waals surface area contributed by atoms with Gasteiger partial charge in [-0.25, -0.2) is 4.98 Å². The SMILES string of the molecule is COCCNC(=O)c1nc(C(=O)NCc2ccccc2OC)c2ccccn12. The average molecular weight is 382 g/mol. The van der Waals surface area contributed by atoms with Crippen LogP contribution >= 0.6 is 0 Å². The molecule has 3 aromatic rings. The summed E-state index contributed by atoms with van der Waals surface area (Å²) in [6, 6.07) is 12.8. The zero-order valence-electron chi connectivity index (χ0n) is 15.8. The van der Waals surface area contributed by atoms with E-state index in [1.807, 2.05) is 24.3 Å². The van der Waals surface area contributed by atoms with Crippen LogP contribution in [0.5, 0.6) is 5.75 Å². The zero-order valence-corrected chi connectivity index (χ0v) is 15.8. The van der Waals surface area contributed by atoms with Crippen LogP contribution < -0.4 is 15.4 Å². The van der Waals surface area contributed by atoms with Crippen LogP contribution in [-0.4, -0.2) is 48.6 Å². The van der Waals surface area contributed by atoms with Gasteiger partial charge in [-0.15, -0.1) is 0 Å². The molecule has 0 aliphatic carbocycles. The number of imidazole rings is 1. The molecular formula is C20H22N4O4. The lowest BCUT2D eigenvalue weighted by Crippen LogP contribution is -2.29. The van der Waals surface area contributed by atoms with Gasteiger partial charge in [0.1, 0.15) is 5.75 Å².